The van der Waals surface area contributed by atoms with E-state index in [0.717, 1.165) is 6.07 Å². The van der Waals surface area contributed by atoms with Gasteiger partial charge >= 0.3 is 5.97 Å². The number of carboxylic acid groups (broad SMARTS) is 1. The summed E-state index contributed by atoms with van der Waals surface area (Å²) >= 11 is 0.654. The van der Waals surface area contributed by atoms with Crippen LogP contribution < -0.4 is 4.72 Å². The quantitative estimate of drug-likeness (QED) is 0.908. The van der Waals surface area contributed by atoms with Gasteiger partial charge in [-0.15, -0.1) is 11.3 Å². The zero-order chi connectivity index (χ0) is 14.9. The van der Waals surface area contributed by atoms with E-state index in [9.17, 15) is 17.6 Å². The molecule has 0 fully saturated rings. The minimum atomic E-state index is -3.93. The largest absolute Gasteiger partial charge is 0.477 e. The molecule has 2 rings (SSSR count). The van der Waals surface area contributed by atoms with Crippen LogP contribution in [0.4, 0.5) is 10.1 Å². The lowest BCUT2D eigenvalue weighted by Gasteiger charge is -2.05. The lowest BCUT2D eigenvalue weighted by Crippen LogP contribution is -2.11. The average Bonchev–Trinajstić information content (AvgIpc) is 2.71. The van der Waals surface area contributed by atoms with Gasteiger partial charge in [-0.2, -0.15) is 0 Å². The van der Waals surface area contributed by atoms with Crippen molar-refractivity contribution in [3.05, 3.63) is 46.6 Å². The van der Waals surface area contributed by atoms with Crippen LogP contribution in [0.3, 0.4) is 0 Å². The van der Waals surface area contributed by atoms with Crippen molar-refractivity contribution in [2.75, 3.05) is 4.72 Å². The molecule has 1 heterocycles. The van der Waals surface area contributed by atoms with Gasteiger partial charge in [0.05, 0.1) is 5.69 Å². The molecule has 0 aliphatic heterocycles. The number of hydrogen-bond donors (Lipinski definition) is 2. The van der Waals surface area contributed by atoms with E-state index < -0.39 is 21.8 Å². The predicted octanol–water partition coefficient (Wildman–Crippen LogP) is 2.69. The Balaban J connectivity index is 2.36. The van der Waals surface area contributed by atoms with Gasteiger partial charge in [0.25, 0.3) is 10.0 Å². The summed E-state index contributed by atoms with van der Waals surface area (Å²) in [5, 5.41) is 8.92. The number of sulfonamides is 1. The Bertz CT molecular complexity index is 768. The van der Waals surface area contributed by atoms with E-state index in [1.165, 1.54) is 31.2 Å². The highest BCUT2D eigenvalue weighted by atomic mass is 32.2. The average molecular weight is 315 g/mol. The van der Waals surface area contributed by atoms with Crippen LogP contribution in [0.1, 0.15) is 15.2 Å². The summed E-state index contributed by atoms with van der Waals surface area (Å²) in [6.07, 6.45) is 0. The number of aromatic carboxylic acids is 1. The van der Waals surface area contributed by atoms with Gasteiger partial charge in [0.15, 0.2) is 0 Å². The SMILES string of the molecule is Cc1cc(S(=O)(=O)Nc2cccc(F)c2)sc1C(=O)O. The first kappa shape index (κ1) is 14.5. The molecular weight excluding hydrogens is 305 g/mol. The number of nitrogens with one attached hydrogen (secondary N) is 1. The number of benzene rings is 1. The standard InChI is InChI=1S/C12H10FNO4S2/c1-7-5-10(19-11(7)12(15)16)20(17,18)14-9-4-2-3-8(13)6-9/h2-6,14H,1H3,(H,15,16). The second-order valence-corrected chi connectivity index (χ2v) is 6.96. The molecule has 0 radical (unpaired) electrons. The van der Waals surface area contributed by atoms with Crippen molar-refractivity contribution in [3.8, 4) is 0 Å². The molecule has 8 heteroatoms. The van der Waals surface area contributed by atoms with Crippen molar-refractivity contribution in [2.24, 2.45) is 0 Å². The van der Waals surface area contributed by atoms with Crippen LogP contribution in [0.2, 0.25) is 0 Å². The van der Waals surface area contributed by atoms with Crippen LogP contribution in [0, 0.1) is 12.7 Å². The van der Waals surface area contributed by atoms with Crippen molar-refractivity contribution in [1.29, 1.82) is 0 Å². The molecule has 2 aromatic rings. The number of carbonyl (C=O) groups is 1. The van der Waals surface area contributed by atoms with Crippen molar-refractivity contribution in [2.45, 2.75) is 11.1 Å². The van der Waals surface area contributed by atoms with Crippen molar-refractivity contribution in [3.63, 3.8) is 0 Å². The lowest BCUT2D eigenvalue weighted by molar-refractivity contribution is 0.0701. The van der Waals surface area contributed by atoms with Gasteiger partial charge in [0.2, 0.25) is 0 Å². The highest BCUT2D eigenvalue weighted by molar-refractivity contribution is 7.94. The van der Waals surface area contributed by atoms with Crippen LogP contribution in [0.25, 0.3) is 0 Å². The van der Waals surface area contributed by atoms with Gasteiger partial charge in [-0.25, -0.2) is 17.6 Å². The summed E-state index contributed by atoms with van der Waals surface area (Å²) < 4.78 is 39.3. The number of halogens is 1. The Morgan fingerprint density at radius 3 is 2.60 bits per heavy atom. The maximum absolute atomic E-state index is 13.0. The van der Waals surface area contributed by atoms with E-state index in [-0.39, 0.29) is 14.8 Å². The van der Waals surface area contributed by atoms with Crippen LogP contribution in [0.5, 0.6) is 0 Å². The fourth-order valence-electron chi connectivity index (χ4n) is 1.56. The van der Waals surface area contributed by atoms with Crippen LogP contribution in [-0.2, 0) is 10.0 Å². The monoisotopic (exact) mass is 315 g/mol. The summed E-state index contributed by atoms with van der Waals surface area (Å²) in [5.74, 6) is -1.75. The molecule has 0 spiro atoms. The fourth-order valence-corrected chi connectivity index (χ4v) is 3.98. The van der Waals surface area contributed by atoms with E-state index in [2.05, 4.69) is 4.72 Å². The van der Waals surface area contributed by atoms with E-state index >= 15 is 0 Å². The minimum absolute atomic E-state index is 0.0374. The van der Waals surface area contributed by atoms with Gasteiger partial charge < -0.3 is 5.11 Å². The highest BCUT2D eigenvalue weighted by Crippen LogP contribution is 2.27. The molecule has 0 saturated carbocycles. The first-order chi connectivity index (χ1) is 9.29. The molecule has 106 valence electrons. The fraction of sp³-hybridized carbons (Fsp3) is 0.0833. The van der Waals surface area contributed by atoms with Crippen LogP contribution >= 0.6 is 11.3 Å². The summed E-state index contributed by atoms with van der Waals surface area (Å²) in [6, 6.07) is 6.27. The molecule has 20 heavy (non-hydrogen) atoms. The van der Waals surface area contributed by atoms with Gasteiger partial charge in [-0.1, -0.05) is 6.07 Å². The van der Waals surface area contributed by atoms with Crippen LogP contribution in [-0.4, -0.2) is 19.5 Å². The molecule has 2 N–H and O–H groups in total. The highest BCUT2D eigenvalue weighted by Gasteiger charge is 2.21. The summed E-state index contributed by atoms with van der Waals surface area (Å²) in [7, 11) is -3.93. The van der Waals surface area contributed by atoms with Gasteiger partial charge in [-0.3, -0.25) is 4.72 Å². The third-order valence-corrected chi connectivity index (χ3v) is 5.51. The Kier molecular flexibility index (Phi) is 3.78. The molecule has 0 atom stereocenters. The van der Waals surface area contributed by atoms with E-state index in [1.807, 2.05) is 0 Å². The maximum Gasteiger partial charge on any atom is 0.346 e. The maximum atomic E-state index is 13.0. The second kappa shape index (κ2) is 5.22. The molecular formula is C12H10FNO4S2. The number of rotatable bonds is 4. The molecule has 0 amide bonds. The normalized spacial score (nSPS) is 11.3. The number of carboxylic acids is 1. The molecule has 1 aromatic heterocycles. The minimum Gasteiger partial charge on any atom is -0.477 e. The first-order valence-corrected chi connectivity index (χ1v) is 7.71. The van der Waals surface area contributed by atoms with Gasteiger partial charge in [0, 0.05) is 0 Å². The van der Waals surface area contributed by atoms with E-state index in [1.54, 1.807) is 0 Å². The number of hydrogen-bond acceptors (Lipinski definition) is 4. The summed E-state index contributed by atoms with van der Waals surface area (Å²) in [6.45, 7) is 1.52. The number of thiophene rings is 1. The van der Waals surface area contributed by atoms with E-state index in [4.69, 9.17) is 5.11 Å². The Morgan fingerprint density at radius 2 is 2.05 bits per heavy atom. The number of anilines is 1. The van der Waals surface area contributed by atoms with Crippen LogP contribution in [0.15, 0.2) is 34.5 Å². The topological polar surface area (TPSA) is 83.5 Å². The second-order valence-electron chi connectivity index (χ2n) is 4.00. The molecule has 0 unspecified atom stereocenters. The Hall–Kier alpha value is -1.93. The molecule has 1 aromatic carbocycles. The molecule has 5 nitrogen and oxygen atoms in total. The van der Waals surface area contributed by atoms with Crippen molar-refractivity contribution < 1.29 is 22.7 Å². The van der Waals surface area contributed by atoms with Crippen molar-refractivity contribution >= 4 is 33.0 Å². The van der Waals surface area contributed by atoms with Gasteiger partial charge in [-0.05, 0) is 36.8 Å². The van der Waals surface area contributed by atoms with E-state index in [0.29, 0.717) is 16.9 Å². The third kappa shape index (κ3) is 2.97. The summed E-state index contributed by atoms with van der Waals surface area (Å²) in [4.78, 5) is 10.9. The summed E-state index contributed by atoms with van der Waals surface area (Å²) in [5.41, 5.74) is 0.440. The third-order valence-electron chi connectivity index (χ3n) is 2.43. The predicted molar refractivity (Wildman–Crippen MR) is 73.2 cm³/mol. The Morgan fingerprint density at radius 1 is 1.35 bits per heavy atom. The van der Waals surface area contributed by atoms with Gasteiger partial charge in [0.1, 0.15) is 14.9 Å². The smallest absolute Gasteiger partial charge is 0.346 e. The number of aryl methyl sites for hydroxylation is 1. The molecule has 0 saturated heterocycles. The van der Waals surface area contributed by atoms with Crippen molar-refractivity contribution in [1.82, 2.24) is 0 Å². The molecule has 0 aliphatic rings. The lowest BCUT2D eigenvalue weighted by atomic mass is 10.3. The molecule has 0 aliphatic carbocycles. The first-order valence-electron chi connectivity index (χ1n) is 5.42. The Labute approximate surface area is 118 Å². The molecule has 0 bridgehead atoms. The zero-order valence-electron chi connectivity index (χ0n) is 10.3. The zero-order valence-corrected chi connectivity index (χ0v) is 11.9.